The summed E-state index contributed by atoms with van der Waals surface area (Å²) in [6, 6.07) is 17.7. The fourth-order valence-electron chi connectivity index (χ4n) is 3.64. The van der Waals surface area contributed by atoms with E-state index in [-0.39, 0.29) is 12.3 Å². The van der Waals surface area contributed by atoms with E-state index < -0.39 is 5.92 Å². The molecule has 0 spiro atoms. The first kappa shape index (κ1) is 14.6. The summed E-state index contributed by atoms with van der Waals surface area (Å²) in [5, 5.41) is 8.61. The first-order valence-electron chi connectivity index (χ1n) is 7.96. The van der Waals surface area contributed by atoms with E-state index in [0.29, 0.717) is 5.84 Å². The highest BCUT2D eigenvalue weighted by atomic mass is 16.1. The number of imidazole rings is 1. The van der Waals surface area contributed by atoms with Gasteiger partial charge in [0.25, 0.3) is 5.82 Å². The van der Waals surface area contributed by atoms with E-state index in [1.54, 1.807) is 4.90 Å². The molecule has 1 N–H and O–H groups in total. The molecule has 24 heavy (non-hydrogen) atoms. The molecular formula is C19H19N4O+. The summed E-state index contributed by atoms with van der Waals surface area (Å²) in [4.78, 5) is 14.5. The molecule has 120 valence electrons. The number of hydrogen-bond donors (Lipinski definition) is 1. The Morgan fingerprint density at radius 1 is 1.08 bits per heavy atom. The van der Waals surface area contributed by atoms with Gasteiger partial charge in [-0.05, 0) is 24.3 Å². The van der Waals surface area contributed by atoms with Crippen molar-refractivity contribution in [2.75, 3.05) is 11.4 Å². The van der Waals surface area contributed by atoms with Crippen LogP contribution in [0, 0.1) is 5.41 Å². The molecule has 1 aliphatic rings. The van der Waals surface area contributed by atoms with E-state index in [4.69, 9.17) is 5.41 Å². The van der Waals surface area contributed by atoms with Gasteiger partial charge in [0, 0.05) is 5.69 Å². The number of para-hydroxylation sites is 3. The van der Waals surface area contributed by atoms with Crippen LogP contribution in [0.3, 0.4) is 0 Å². The van der Waals surface area contributed by atoms with Gasteiger partial charge >= 0.3 is 0 Å². The van der Waals surface area contributed by atoms with Crippen LogP contribution in [-0.4, -0.2) is 22.7 Å². The van der Waals surface area contributed by atoms with E-state index in [2.05, 4.69) is 0 Å². The number of fused-ring (bicyclic) bond motifs is 1. The molecule has 5 nitrogen and oxygen atoms in total. The first-order valence-corrected chi connectivity index (χ1v) is 7.96. The summed E-state index contributed by atoms with van der Waals surface area (Å²) >= 11 is 0. The largest absolute Gasteiger partial charge is 0.322 e. The van der Waals surface area contributed by atoms with Gasteiger partial charge in [-0.15, -0.1) is 0 Å². The van der Waals surface area contributed by atoms with Crippen LogP contribution < -0.4 is 9.47 Å². The van der Waals surface area contributed by atoms with Gasteiger partial charge in [0.2, 0.25) is 0 Å². The van der Waals surface area contributed by atoms with Gasteiger partial charge in [-0.1, -0.05) is 30.3 Å². The smallest absolute Gasteiger partial charge is 0.275 e. The van der Waals surface area contributed by atoms with Gasteiger partial charge in [0.15, 0.2) is 22.7 Å². The average molecular weight is 319 g/mol. The minimum Gasteiger partial charge on any atom is -0.322 e. The standard InChI is InChI=1S/C19H19N4O/c1-21-14-10-6-7-11-15(14)22(2)19(21)17-16(24)12-23(18(17)20)13-8-4-3-5-9-13/h3-11,17,20H,12H2,1-2H3/q+1. The number of carbonyl (C=O) groups is 1. The van der Waals surface area contributed by atoms with E-state index in [9.17, 15) is 4.79 Å². The summed E-state index contributed by atoms with van der Waals surface area (Å²) < 4.78 is 4.06. The minimum atomic E-state index is -0.535. The average Bonchev–Trinajstić information content (AvgIpc) is 3.03. The lowest BCUT2D eigenvalue weighted by molar-refractivity contribution is -0.653. The van der Waals surface area contributed by atoms with E-state index in [0.717, 1.165) is 22.5 Å². The molecule has 2 heterocycles. The molecule has 0 aliphatic carbocycles. The van der Waals surface area contributed by atoms with E-state index in [1.165, 1.54) is 0 Å². The second-order valence-corrected chi connectivity index (χ2v) is 6.17. The fourth-order valence-corrected chi connectivity index (χ4v) is 3.64. The molecule has 1 unspecified atom stereocenters. The zero-order chi connectivity index (χ0) is 16.8. The highest BCUT2D eigenvalue weighted by Gasteiger charge is 2.45. The number of ketones is 1. The molecule has 1 aromatic heterocycles. The number of rotatable bonds is 2. The normalized spacial score (nSPS) is 17.9. The predicted octanol–water partition coefficient (Wildman–Crippen LogP) is 2.15. The minimum absolute atomic E-state index is 0.0605. The van der Waals surface area contributed by atoms with Crippen LogP contribution in [0.5, 0.6) is 0 Å². The molecule has 1 aliphatic heterocycles. The highest BCUT2D eigenvalue weighted by molar-refractivity contribution is 6.22. The van der Waals surface area contributed by atoms with Crippen LogP contribution in [-0.2, 0) is 18.9 Å². The number of anilines is 1. The summed E-state index contributed by atoms with van der Waals surface area (Å²) in [6.45, 7) is 0.245. The van der Waals surface area contributed by atoms with Crippen molar-refractivity contribution in [3.8, 4) is 0 Å². The Labute approximate surface area is 140 Å². The number of aromatic nitrogens is 2. The quantitative estimate of drug-likeness (QED) is 0.736. The maximum absolute atomic E-state index is 12.7. The number of Topliss-reactive ketones (excluding diaryl/α,β-unsaturated/α-hetero) is 1. The van der Waals surface area contributed by atoms with Gasteiger partial charge in [-0.3, -0.25) is 10.2 Å². The topological polar surface area (TPSA) is 53.0 Å². The Hall–Kier alpha value is -2.95. The van der Waals surface area contributed by atoms with Gasteiger partial charge in [-0.2, -0.15) is 0 Å². The Morgan fingerprint density at radius 2 is 1.75 bits per heavy atom. The SMILES string of the molecule is Cn1c(C2C(=N)N(c3ccccc3)CC2=O)[n+](C)c2ccccc21. The molecule has 5 heteroatoms. The van der Waals surface area contributed by atoms with Crippen molar-refractivity contribution < 1.29 is 9.36 Å². The Bertz CT molecular complexity index is 919. The van der Waals surface area contributed by atoms with Crippen molar-refractivity contribution >= 4 is 28.3 Å². The van der Waals surface area contributed by atoms with Crippen molar-refractivity contribution in [3.05, 3.63) is 60.4 Å². The van der Waals surface area contributed by atoms with E-state index in [1.807, 2.05) is 77.8 Å². The van der Waals surface area contributed by atoms with Crippen molar-refractivity contribution in [1.82, 2.24) is 4.57 Å². The lowest BCUT2D eigenvalue weighted by atomic mass is 10.1. The third-order valence-corrected chi connectivity index (χ3v) is 4.82. The monoisotopic (exact) mass is 319 g/mol. The molecule has 0 amide bonds. The number of nitrogens with zero attached hydrogens (tertiary/aromatic N) is 3. The van der Waals surface area contributed by atoms with Gasteiger partial charge < -0.3 is 4.90 Å². The molecule has 3 aromatic rings. The molecule has 0 radical (unpaired) electrons. The predicted molar refractivity (Wildman–Crippen MR) is 93.4 cm³/mol. The third kappa shape index (κ3) is 1.98. The summed E-state index contributed by atoms with van der Waals surface area (Å²) in [6.07, 6.45) is 0. The van der Waals surface area contributed by atoms with Crippen molar-refractivity contribution in [3.63, 3.8) is 0 Å². The molecule has 0 bridgehead atoms. The van der Waals surface area contributed by atoms with Crippen LogP contribution in [0.25, 0.3) is 11.0 Å². The first-order chi connectivity index (χ1) is 11.6. The Kier molecular flexibility index (Phi) is 3.23. The molecular weight excluding hydrogens is 300 g/mol. The van der Waals surface area contributed by atoms with Crippen LogP contribution in [0.4, 0.5) is 5.69 Å². The number of aryl methyl sites for hydroxylation is 2. The van der Waals surface area contributed by atoms with Gasteiger partial charge in [-0.25, -0.2) is 9.13 Å². The fraction of sp³-hybridized carbons (Fsp3) is 0.211. The van der Waals surface area contributed by atoms with Crippen molar-refractivity contribution in [2.24, 2.45) is 14.1 Å². The lowest BCUT2D eigenvalue weighted by Crippen LogP contribution is -2.38. The number of nitrogens with one attached hydrogen (secondary N) is 1. The maximum Gasteiger partial charge on any atom is 0.275 e. The van der Waals surface area contributed by atoms with E-state index >= 15 is 0 Å². The van der Waals surface area contributed by atoms with Crippen molar-refractivity contribution in [2.45, 2.75) is 5.92 Å². The maximum atomic E-state index is 12.7. The summed E-state index contributed by atoms with van der Waals surface area (Å²) in [5.74, 6) is 0.718. The van der Waals surface area contributed by atoms with Crippen molar-refractivity contribution in [1.29, 1.82) is 5.41 Å². The molecule has 4 rings (SSSR count). The third-order valence-electron chi connectivity index (χ3n) is 4.82. The van der Waals surface area contributed by atoms with Crippen LogP contribution in [0.2, 0.25) is 0 Å². The van der Waals surface area contributed by atoms with Crippen LogP contribution >= 0.6 is 0 Å². The highest BCUT2D eigenvalue weighted by Crippen LogP contribution is 2.30. The summed E-state index contributed by atoms with van der Waals surface area (Å²) in [7, 11) is 3.92. The molecule has 1 atom stereocenters. The molecule has 1 fully saturated rings. The molecule has 2 aromatic carbocycles. The van der Waals surface area contributed by atoms with Crippen LogP contribution in [0.15, 0.2) is 54.6 Å². The second-order valence-electron chi connectivity index (χ2n) is 6.17. The molecule has 1 saturated heterocycles. The number of hydrogen-bond acceptors (Lipinski definition) is 2. The Balaban J connectivity index is 1.83. The zero-order valence-electron chi connectivity index (χ0n) is 13.7. The van der Waals surface area contributed by atoms with Gasteiger partial charge in [0.05, 0.1) is 20.6 Å². The number of amidine groups is 1. The number of benzene rings is 2. The Morgan fingerprint density at radius 3 is 2.46 bits per heavy atom. The van der Waals surface area contributed by atoms with Gasteiger partial charge in [0.1, 0.15) is 5.84 Å². The zero-order valence-corrected chi connectivity index (χ0v) is 13.7. The number of carbonyl (C=O) groups excluding carboxylic acids is 1. The summed E-state index contributed by atoms with van der Waals surface area (Å²) in [5.41, 5.74) is 3.02. The second kappa shape index (κ2) is 5.30. The molecule has 0 saturated carbocycles. The van der Waals surface area contributed by atoms with Crippen LogP contribution in [0.1, 0.15) is 11.7 Å². The lowest BCUT2D eigenvalue weighted by Gasteiger charge is -2.17.